The summed E-state index contributed by atoms with van der Waals surface area (Å²) in [7, 11) is -3.46. The van der Waals surface area contributed by atoms with Crippen molar-refractivity contribution in [3.63, 3.8) is 0 Å². The van der Waals surface area contributed by atoms with E-state index in [9.17, 15) is 8.42 Å². The fraction of sp³-hybridized carbons (Fsp3) is 0.167. The molecule has 5 heteroatoms. The summed E-state index contributed by atoms with van der Waals surface area (Å²) in [6.07, 6.45) is 1.45. The van der Waals surface area contributed by atoms with Gasteiger partial charge < -0.3 is 5.11 Å². The van der Waals surface area contributed by atoms with Crippen molar-refractivity contribution in [2.45, 2.75) is 12.4 Å². The van der Waals surface area contributed by atoms with Crippen LogP contribution in [0, 0.1) is 0 Å². The molecule has 2 rings (SSSR count). The number of aromatic nitrogens is 1. The second-order valence-corrected chi connectivity index (χ2v) is 5.54. The molecule has 4 nitrogen and oxygen atoms in total. The Labute approximate surface area is 100 Å². The van der Waals surface area contributed by atoms with Crippen LogP contribution in [0.25, 0.3) is 0 Å². The number of nitrogens with zero attached hydrogens (tertiary/aromatic N) is 1. The molecule has 1 heterocycles. The van der Waals surface area contributed by atoms with Crippen LogP contribution in [0.3, 0.4) is 0 Å². The smallest absolute Gasteiger partial charge is 0.242 e. The van der Waals surface area contributed by atoms with E-state index in [1.54, 1.807) is 36.4 Å². The zero-order valence-corrected chi connectivity index (χ0v) is 9.97. The first-order chi connectivity index (χ1) is 8.13. The van der Waals surface area contributed by atoms with E-state index in [1.165, 1.54) is 6.20 Å². The van der Waals surface area contributed by atoms with Gasteiger partial charge in [-0.1, -0.05) is 30.3 Å². The zero-order valence-electron chi connectivity index (χ0n) is 9.15. The third kappa shape index (κ3) is 2.57. The Hall–Kier alpha value is -1.59. The summed E-state index contributed by atoms with van der Waals surface area (Å²) in [4.78, 5) is 0. The Morgan fingerprint density at radius 1 is 1.06 bits per heavy atom. The fourth-order valence-corrected chi connectivity index (χ4v) is 3.13. The molecule has 17 heavy (non-hydrogen) atoms. The molecule has 1 aromatic carbocycles. The van der Waals surface area contributed by atoms with Crippen molar-refractivity contribution in [1.82, 2.24) is 3.97 Å². The van der Waals surface area contributed by atoms with Gasteiger partial charge in [0.2, 0.25) is 10.0 Å². The molecule has 0 bridgehead atoms. The summed E-state index contributed by atoms with van der Waals surface area (Å²) in [5, 5.41) is 9.05. The minimum absolute atomic E-state index is 0.0739. The van der Waals surface area contributed by atoms with Crippen molar-refractivity contribution in [3.05, 3.63) is 59.9 Å². The molecule has 0 aliphatic carbocycles. The molecule has 0 unspecified atom stereocenters. The van der Waals surface area contributed by atoms with E-state index in [-0.39, 0.29) is 12.4 Å². The van der Waals surface area contributed by atoms with Gasteiger partial charge in [-0.2, -0.15) is 0 Å². The normalized spacial score (nSPS) is 11.6. The van der Waals surface area contributed by atoms with Gasteiger partial charge in [0.25, 0.3) is 0 Å². The minimum Gasteiger partial charge on any atom is -0.390 e. The molecule has 0 spiro atoms. The first kappa shape index (κ1) is 11.9. The molecule has 1 aromatic heterocycles. The number of rotatable bonds is 4. The highest BCUT2D eigenvalue weighted by molar-refractivity contribution is 7.89. The molecule has 0 fully saturated rings. The molecule has 2 aromatic rings. The maximum Gasteiger partial charge on any atom is 0.242 e. The minimum atomic E-state index is -3.46. The lowest BCUT2D eigenvalue weighted by molar-refractivity contribution is 0.275. The van der Waals surface area contributed by atoms with E-state index in [0.717, 1.165) is 9.54 Å². The van der Waals surface area contributed by atoms with Crippen molar-refractivity contribution in [1.29, 1.82) is 0 Å². The van der Waals surface area contributed by atoms with Gasteiger partial charge in [-0.3, -0.25) is 0 Å². The van der Waals surface area contributed by atoms with E-state index >= 15 is 0 Å². The quantitative estimate of drug-likeness (QED) is 0.892. The Balaban J connectivity index is 2.32. The molecule has 0 aliphatic heterocycles. The highest BCUT2D eigenvalue weighted by Gasteiger charge is 2.16. The topological polar surface area (TPSA) is 59.3 Å². The molecule has 0 radical (unpaired) electrons. The largest absolute Gasteiger partial charge is 0.390 e. The third-order valence-electron chi connectivity index (χ3n) is 2.45. The van der Waals surface area contributed by atoms with Crippen molar-refractivity contribution in [2.75, 3.05) is 0 Å². The molecular formula is C12H13NO3S. The van der Waals surface area contributed by atoms with Crippen LogP contribution in [0.5, 0.6) is 0 Å². The molecule has 1 N–H and O–H groups in total. The van der Waals surface area contributed by atoms with Gasteiger partial charge in [0.1, 0.15) is 0 Å². The van der Waals surface area contributed by atoms with Crippen molar-refractivity contribution < 1.29 is 13.5 Å². The van der Waals surface area contributed by atoms with Gasteiger partial charge >= 0.3 is 0 Å². The van der Waals surface area contributed by atoms with Crippen LogP contribution in [-0.2, 0) is 22.4 Å². The monoisotopic (exact) mass is 251 g/mol. The number of aliphatic hydroxyl groups is 1. The lowest BCUT2D eigenvalue weighted by atomic mass is 10.2. The van der Waals surface area contributed by atoms with Crippen LogP contribution in [0.2, 0.25) is 0 Å². The number of aliphatic hydroxyl groups excluding tert-OH is 1. The standard InChI is InChI=1S/C12H13NO3S/c14-9-12-7-4-8-13(12)17(15,16)10-11-5-2-1-3-6-11/h1-8,14H,9-10H2. The lowest BCUT2D eigenvalue weighted by Crippen LogP contribution is -2.16. The fourth-order valence-electron chi connectivity index (χ4n) is 1.65. The molecule has 0 aliphatic rings. The van der Waals surface area contributed by atoms with Gasteiger partial charge in [0, 0.05) is 6.20 Å². The Kier molecular flexibility index (Phi) is 3.31. The summed E-state index contributed by atoms with van der Waals surface area (Å²) in [6.45, 7) is -0.291. The summed E-state index contributed by atoms with van der Waals surface area (Å²) in [6, 6.07) is 12.2. The van der Waals surface area contributed by atoms with Crippen LogP contribution in [-0.4, -0.2) is 17.5 Å². The van der Waals surface area contributed by atoms with Crippen LogP contribution in [0.1, 0.15) is 11.3 Å². The van der Waals surface area contributed by atoms with Crippen molar-refractivity contribution in [3.8, 4) is 0 Å². The van der Waals surface area contributed by atoms with E-state index in [0.29, 0.717) is 5.69 Å². The lowest BCUT2D eigenvalue weighted by Gasteiger charge is -2.08. The Morgan fingerprint density at radius 2 is 1.76 bits per heavy atom. The van der Waals surface area contributed by atoms with Gasteiger partial charge in [-0.05, 0) is 17.7 Å². The predicted molar refractivity (Wildman–Crippen MR) is 64.8 cm³/mol. The van der Waals surface area contributed by atoms with E-state index in [1.807, 2.05) is 6.07 Å². The molecule has 0 saturated carbocycles. The SMILES string of the molecule is O=S(=O)(Cc1ccccc1)n1cccc1CO. The van der Waals surface area contributed by atoms with Crippen LogP contribution < -0.4 is 0 Å². The third-order valence-corrected chi connectivity index (χ3v) is 4.10. The Morgan fingerprint density at radius 3 is 2.41 bits per heavy atom. The van der Waals surface area contributed by atoms with Gasteiger partial charge in [-0.25, -0.2) is 12.4 Å². The van der Waals surface area contributed by atoms with Crippen molar-refractivity contribution >= 4 is 10.0 Å². The molecule has 0 saturated heterocycles. The second kappa shape index (κ2) is 4.73. The summed E-state index contributed by atoms with van der Waals surface area (Å²) in [5.41, 5.74) is 1.10. The van der Waals surface area contributed by atoms with Crippen molar-refractivity contribution in [2.24, 2.45) is 0 Å². The number of hydrogen-bond donors (Lipinski definition) is 1. The molecule has 0 atom stereocenters. The maximum atomic E-state index is 12.1. The van der Waals surface area contributed by atoms with Crippen LogP contribution in [0.15, 0.2) is 48.7 Å². The van der Waals surface area contributed by atoms with E-state index in [4.69, 9.17) is 5.11 Å². The summed E-state index contributed by atoms with van der Waals surface area (Å²) in [5.74, 6) is -0.0739. The first-order valence-corrected chi connectivity index (χ1v) is 6.78. The second-order valence-electron chi connectivity index (χ2n) is 3.70. The molecule has 0 amide bonds. The van der Waals surface area contributed by atoms with Crippen LogP contribution >= 0.6 is 0 Å². The van der Waals surface area contributed by atoms with Gasteiger partial charge in [-0.15, -0.1) is 0 Å². The predicted octanol–water partition coefficient (Wildman–Crippen LogP) is 1.36. The highest BCUT2D eigenvalue weighted by atomic mass is 32.2. The highest BCUT2D eigenvalue weighted by Crippen LogP contribution is 2.12. The van der Waals surface area contributed by atoms with Gasteiger partial charge in [0.05, 0.1) is 18.1 Å². The first-order valence-electron chi connectivity index (χ1n) is 5.18. The molecular weight excluding hydrogens is 238 g/mol. The average Bonchev–Trinajstić information content (AvgIpc) is 2.78. The maximum absolute atomic E-state index is 12.1. The van der Waals surface area contributed by atoms with Gasteiger partial charge in [0.15, 0.2) is 0 Å². The number of benzene rings is 1. The van der Waals surface area contributed by atoms with Crippen LogP contribution in [0.4, 0.5) is 0 Å². The van der Waals surface area contributed by atoms with E-state index < -0.39 is 10.0 Å². The number of hydrogen-bond acceptors (Lipinski definition) is 3. The zero-order chi connectivity index (χ0) is 12.3. The Bertz CT molecular complexity index is 587. The van der Waals surface area contributed by atoms with E-state index in [2.05, 4.69) is 0 Å². The average molecular weight is 251 g/mol. The summed E-state index contributed by atoms with van der Waals surface area (Å²) >= 11 is 0. The summed E-state index contributed by atoms with van der Waals surface area (Å²) < 4.78 is 25.3. The molecule has 90 valence electrons.